The van der Waals surface area contributed by atoms with Gasteiger partial charge in [-0.2, -0.15) is 0 Å². The molecule has 1 heterocycles. The molecule has 0 radical (unpaired) electrons. The number of benzene rings is 1. The van der Waals surface area contributed by atoms with Gasteiger partial charge in [-0.15, -0.1) is 0 Å². The molecule has 2 rings (SSSR count). The van der Waals surface area contributed by atoms with Crippen molar-refractivity contribution in [3.63, 3.8) is 0 Å². The fourth-order valence-electron chi connectivity index (χ4n) is 2.19. The van der Waals surface area contributed by atoms with Crippen molar-refractivity contribution in [1.82, 2.24) is 4.90 Å². The molecular formula is C14H14BrNO4. The van der Waals surface area contributed by atoms with Gasteiger partial charge in [0.1, 0.15) is 5.92 Å². The second-order valence-electron chi connectivity index (χ2n) is 4.54. The van der Waals surface area contributed by atoms with Crippen LogP contribution in [0.5, 0.6) is 0 Å². The zero-order valence-corrected chi connectivity index (χ0v) is 12.6. The highest BCUT2D eigenvalue weighted by molar-refractivity contribution is 9.10. The van der Waals surface area contributed by atoms with Crippen molar-refractivity contribution in [2.75, 3.05) is 20.2 Å². The number of Topliss-reactive ketones (excluding diaryl/α,β-unsaturated/α-hetero) is 1. The number of amides is 1. The van der Waals surface area contributed by atoms with Gasteiger partial charge in [0.2, 0.25) is 0 Å². The Labute approximate surface area is 125 Å². The Morgan fingerprint density at radius 2 is 2.05 bits per heavy atom. The molecule has 20 heavy (non-hydrogen) atoms. The number of hydrogen-bond donors (Lipinski definition) is 0. The molecule has 106 valence electrons. The van der Waals surface area contributed by atoms with E-state index in [0.29, 0.717) is 23.0 Å². The summed E-state index contributed by atoms with van der Waals surface area (Å²) in [5.74, 6) is -1.76. The second-order valence-corrected chi connectivity index (χ2v) is 5.39. The van der Waals surface area contributed by atoms with Crippen LogP contribution in [-0.4, -0.2) is 42.8 Å². The third-order valence-corrected chi connectivity index (χ3v) is 3.99. The van der Waals surface area contributed by atoms with Gasteiger partial charge in [-0.3, -0.25) is 14.4 Å². The van der Waals surface area contributed by atoms with E-state index in [4.69, 9.17) is 0 Å². The first-order chi connectivity index (χ1) is 9.54. The predicted octanol–water partition coefficient (Wildman–Crippen LogP) is 1.65. The molecule has 0 aromatic heterocycles. The minimum absolute atomic E-state index is 0.0556. The van der Waals surface area contributed by atoms with Crippen molar-refractivity contribution >= 4 is 33.6 Å². The van der Waals surface area contributed by atoms with Crippen molar-refractivity contribution in [3.8, 4) is 0 Å². The van der Waals surface area contributed by atoms with E-state index in [2.05, 4.69) is 20.7 Å². The van der Waals surface area contributed by atoms with E-state index in [1.54, 1.807) is 18.2 Å². The molecule has 1 aromatic carbocycles. The molecule has 0 N–H and O–H groups in total. The Morgan fingerprint density at radius 3 is 2.65 bits per heavy atom. The Bertz CT molecular complexity index is 558. The van der Waals surface area contributed by atoms with Crippen LogP contribution in [-0.2, 0) is 14.3 Å². The third kappa shape index (κ3) is 2.90. The molecule has 1 saturated heterocycles. The lowest BCUT2D eigenvalue weighted by atomic mass is 9.95. The summed E-state index contributed by atoms with van der Waals surface area (Å²) in [5.41, 5.74) is 0.511. The van der Waals surface area contributed by atoms with Gasteiger partial charge in [0.25, 0.3) is 5.91 Å². The summed E-state index contributed by atoms with van der Waals surface area (Å²) in [6.45, 7) is 0.311. The van der Waals surface area contributed by atoms with Crippen molar-refractivity contribution in [1.29, 1.82) is 0 Å². The molecule has 0 saturated carbocycles. The van der Waals surface area contributed by atoms with Gasteiger partial charge in [-0.25, -0.2) is 0 Å². The van der Waals surface area contributed by atoms with Crippen LogP contribution >= 0.6 is 15.9 Å². The average Bonchev–Trinajstić information content (AvgIpc) is 2.46. The first-order valence-corrected chi connectivity index (χ1v) is 6.98. The number of hydrogen-bond acceptors (Lipinski definition) is 4. The highest BCUT2D eigenvalue weighted by Gasteiger charge is 2.35. The zero-order chi connectivity index (χ0) is 14.7. The maximum absolute atomic E-state index is 12.3. The highest BCUT2D eigenvalue weighted by Crippen LogP contribution is 2.21. The number of carbonyl (C=O) groups excluding carboxylic acids is 3. The smallest absolute Gasteiger partial charge is 0.316 e. The molecule has 1 amide bonds. The van der Waals surface area contributed by atoms with Gasteiger partial charge in [0, 0.05) is 11.0 Å². The lowest BCUT2D eigenvalue weighted by molar-refractivity contribution is -0.151. The number of halogens is 1. The predicted molar refractivity (Wildman–Crippen MR) is 75.2 cm³/mol. The number of ketones is 1. The third-order valence-electron chi connectivity index (χ3n) is 3.30. The van der Waals surface area contributed by atoms with Crippen LogP contribution in [0.4, 0.5) is 0 Å². The molecule has 0 aliphatic carbocycles. The molecule has 0 spiro atoms. The zero-order valence-electron chi connectivity index (χ0n) is 11.0. The summed E-state index contributed by atoms with van der Waals surface area (Å²) >= 11 is 3.32. The van der Waals surface area contributed by atoms with E-state index in [-0.39, 0.29) is 18.2 Å². The van der Waals surface area contributed by atoms with Crippen LogP contribution < -0.4 is 0 Å². The fourth-order valence-corrected chi connectivity index (χ4v) is 2.65. The van der Waals surface area contributed by atoms with Crippen molar-refractivity contribution < 1.29 is 19.1 Å². The van der Waals surface area contributed by atoms with Gasteiger partial charge in [0.15, 0.2) is 5.78 Å². The molecule has 5 nitrogen and oxygen atoms in total. The molecule has 1 aromatic rings. The Kier molecular flexibility index (Phi) is 4.54. The summed E-state index contributed by atoms with van der Waals surface area (Å²) in [7, 11) is 1.26. The van der Waals surface area contributed by atoms with Crippen molar-refractivity contribution in [2.45, 2.75) is 6.42 Å². The van der Waals surface area contributed by atoms with Crippen molar-refractivity contribution in [2.24, 2.45) is 5.92 Å². The summed E-state index contributed by atoms with van der Waals surface area (Å²) in [6.07, 6.45) is 0.307. The number of methoxy groups -OCH3 is 1. The lowest BCUT2D eigenvalue weighted by Crippen LogP contribution is -2.46. The average molecular weight is 340 g/mol. The highest BCUT2D eigenvalue weighted by atomic mass is 79.9. The standard InChI is InChI=1S/C14H14BrNO4/c1-20-14(19)10-6-7-16(8-12(10)17)13(18)9-4-2-3-5-11(9)15/h2-5,10H,6-8H2,1H3. The number of ether oxygens (including phenoxy) is 1. The SMILES string of the molecule is COC(=O)C1CCN(C(=O)c2ccccc2Br)CC1=O. The van der Waals surface area contributed by atoms with Crippen LogP contribution in [0.25, 0.3) is 0 Å². The van der Waals surface area contributed by atoms with Crippen LogP contribution in [0.1, 0.15) is 16.8 Å². The minimum Gasteiger partial charge on any atom is -0.468 e. The van der Waals surface area contributed by atoms with E-state index in [1.165, 1.54) is 12.0 Å². The minimum atomic E-state index is -0.747. The monoisotopic (exact) mass is 339 g/mol. The maximum Gasteiger partial charge on any atom is 0.316 e. The quantitative estimate of drug-likeness (QED) is 0.607. The largest absolute Gasteiger partial charge is 0.468 e. The Hall–Kier alpha value is -1.69. The van der Waals surface area contributed by atoms with Gasteiger partial charge < -0.3 is 9.64 Å². The maximum atomic E-state index is 12.3. The first kappa shape index (κ1) is 14.7. The normalized spacial score (nSPS) is 18.8. The summed E-state index contributed by atoms with van der Waals surface area (Å²) < 4.78 is 5.28. The van der Waals surface area contributed by atoms with Crippen molar-refractivity contribution in [3.05, 3.63) is 34.3 Å². The summed E-state index contributed by atoms with van der Waals surface area (Å²) in [4.78, 5) is 37.1. The van der Waals surface area contributed by atoms with E-state index in [1.807, 2.05) is 6.07 Å². The fraction of sp³-hybridized carbons (Fsp3) is 0.357. The van der Waals surface area contributed by atoms with E-state index in [0.717, 1.165) is 0 Å². The molecule has 6 heteroatoms. The topological polar surface area (TPSA) is 63.7 Å². The van der Waals surface area contributed by atoms with E-state index >= 15 is 0 Å². The van der Waals surface area contributed by atoms with Crippen LogP contribution in [0.2, 0.25) is 0 Å². The van der Waals surface area contributed by atoms with Gasteiger partial charge in [-0.05, 0) is 34.5 Å². The molecular weight excluding hydrogens is 326 g/mol. The summed E-state index contributed by atoms with van der Waals surface area (Å²) in [5, 5.41) is 0. The van der Waals surface area contributed by atoms with Gasteiger partial charge >= 0.3 is 5.97 Å². The Balaban J connectivity index is 2.10. The lowest BCUT2D eigenvalue weighted by Gasteiger charge is -2.29. The van der Waals surface area contributed by atoms with E-state index in [9.17, 15) is 14.4 Å². The number of rotatable bonds is 2. The molecule has 0 bridgehead atoms. The van der Waals surface area contributed by atoms with E-state index < -0.39 is 11.9 Å². The molecule has 1 unspecified atom stereocenters. The van der Waals surface area contributed by atoms with Crippen LogP contribution in [0, 0.1) is 5.92 Å². The van der Waals surface area contributed by atoms with Crippen LogP contribution in [0.3, 0.4) is 0 Å². The van der Waals surface area contributed by atoms with Gasteiger partial charge in [-0.1, -0.05) is 12.1 Å². The number of piperidine rings is 1. The molecule has 1 aliphatic rings. The molecule has 1 atom stereocenters. The second kappa shape index (κ2) is 6.17. The molecule has 1 fully saturated rings. The first-order valence-electron chi connectivity index (χ1n) is 6.19. The Morgan fingerprint density at radius 1 is 1.35 bits per heavy atom. The summed E-state index contributed by atoms with van der Waals surface area (Å²) in [6, 6.07) is 7.05. The van der Waals surface area contributed by atoms with Crippen LogP contribution in [0.15, 0.2) is 28.7 Å². The number of esters is 1. The molecule has 1 aliphatic heterocycles. The number of nitrogens with zero attached hydrogens (tertiary/aromatic N) is 1. The number of likely N-dealkylation sites (tertiary alicyclic amines) is 1. The number of carbonyl (C=O) groups is 3. The van der Waals surface area contributed by atoms with Gasteiger partial charge in [0.05, 0.1) is 19.2 Å².